The topological polar surface area (TPSA) is 77.0 Å². The number of hydrogen-bond donors (Lipinski definition) is 2. The molecule has 2 heterocycles. The second-order valence-electron chi connectivity index (χ2n) is 3.44. The molecule has 0 amide bonds. The van der Waals surface area contributed by atoms with Crippen LogP contribution in [0.4, 0.5) is 0 Å². The summed E-state index contributed by atoms with van der Waals surface area (Å²) in [6.07, 6.45) is 2.01. The van der Waals surface area contributed by atoms with Gasteiger partial charge in [0.2, 0.25) is 0 Å². The van der Waals surface area contributed by atoms with Crippen molar-refractivity contribution in [1.82, 2.24) is 14.8 Å². The lowest BCUT2D eigenvalue weighted by Crippen LogP contribution is -2.27. The fraction of sp³-hybridized carbons (Fsp3) is 0.750. The Kier molecular flexibility index (Phi) is 2.28. The van der Waals surface area contributed by atoms with Gasteiger partial charge in [-0.15, -0.1) is 10.2 Å². The second-order valence-corrected chi connectivity index (χ2v) is 3.44. The van der Waals surface area contributed by atoms with Gasteiger partial charge in [-0.05, 0) is 18.9 Å². The van der Waals surface area contributed by atoms with Gasteiger partial charge >= 0.3 is 0 Å². The molecule has 1 aliphatic heterocycles. The van der Waals surface area contributed by atoms with Crippen LogP contribution in [0.2, 0.25) is 0 Å². The van der Waals surface area contributed by atoms with Crippen molar-refractivity contribution in [2.24, 2.45) is 11.7 Å². The monoisotopic (exact) mass is 182 g/mol. The third kappa shape index (κ3) is 1.45. The van der Waals surface area contributed by atoms with Gasteiger partial charge in [0.1, 0.15) is 12.4 Å². The van der Waals surface area contributed by atoms with Crippen LogP contribution in [-0.4, -0.2) is 26.4 Å². The van der Waals surface area contributed by atoms with Gasteiger partial charge in [-0.1, -0.05) is 0 Å². The first-order chi connectivity index (χ1) is 6.35. The molecule has 1 aromatic rings. The van der Waals surface area contributed by atoms with Crippen molar-refractivity contribution in [1.29, 1.82) is 0 Å². The van der Waals surface area contributed by atoms with Crippen LogP contribution < -0.4 is 5.73 Å². The van der Waals surface area contributed by atoms with Gasteiger partial charge in [0.25, 0.3) is 0 Å². The van der Waals surface area contributed by atoms with Crippen molar-refractivity contribution in [3.63, 3.8) is 0 Å². The van der Waals surface area contributed by atoms with Crippen molar-refractivity contribution >= 4 is 0 Å². The first-order valence-electron chi connectivity index (χ1n) is 4.57. The molecule has 1 aliphatic rings. The van der Waals surface area contributed by atoms with E-state index in [2.05, 4.69) is 10.2 Å². The van der Waals surface area contributed by atoms with Crippen molar-refractivity contribution in [2.45, 2.75) is 26.0 Å². The minimum absolute atomic E-state index is 0.0374. The van der Waals surface area contributed by atoms with Crippen molar-refractivity contribution in [2.75, 3.05) is 6.54 Å². The zero-order valence-corrected chi connectivity index (χ0v) is 7.48. The molecule has 2 rings (SSSR count). The van der Waals surface area contributed by atoms with Crippen molar-refractivity contribution in [3.8, 4) is 0 Å². The fourth-order valence-corrected chi connectivity index (χ4v) is 1.76. The van der Waals surface area contributed by atoms with Crippen LogP contribution in [0.25, 0.3) is 0 Å². The van der Waals surface area contributed by atoms with E-state index in [1.165, 1.54) is 0 Å². The number of fused-ring (bicyclic) bond motifs is 1. The minimum Gasteiger partial charge on any atom is -0.388 e. The summed E-state index contributed by atoms with van der Waals surface area (Å²) >= 11 is 0. The summed E-state index contributed by atoms with van der Waals surface area (Å²) < 4.78 is 1.99. The second kappa shape index (κ2) is 3.43. The third-order valence-corrected chi connectivity index (χ3v) is 2.60. The highest BCUT2D eigenvalue weighted by Gasteiger charge is 2.21. The van der Waals surface area contributed by atoms with Gasteiger partial charge in [0.15, 0.2) is 5.82 Å². The van der Waals surface area contributed by atoms with Gasteiger partial charge in [-0.3, -0.25) is 0 Å². The molecule has 5 heteroatoms. The number of aliphatic hydroxyl groups excluding tert-OH is 1. The fourth-order valence-electron chi connectivity index (χ4n) is 1.76. The molecule has 3 N–H and O–H groups in total. The summed E-state index contributed by atoms with van der Waals surface area (Å²) in [5.74, 6) is 2.15. The van der Waals surface area contributed by atoms with E-state index in [4.69, 9.17) is 10.8 Å². The molecule has 0 aliphatic carbocycles. The lowest BCUT2D eigenvalue weighted by atomic mass is 10.00. The van der Waals surface area contributed by atoms with Crippen LogP contribution >= 0.6 is 0 Å². The third-order valence-electron chi connectivity index (χ3n) is 2.60. The Bertz CT molecular complexity index is 283. The molecule has 0 bridgehead atoms. The van der Waals surface area contributed by atoms with Crippen molar-refractivity contribution < 1.29 is 5.11 Å². The Balaban J connectivity index is 2.25. The highest BCUT2D eigenvalue weighted by molar-refractivity contribution is 4.99. The Morgan fingerprint density at radius 1 is 1.54 bits per heavy atom. The average molecular weight is 182 g/mol. The maximum absolute atomic E-state index is 8.99. The molecule has 1 atom stereocenters. The van der Waals surface area contributed by atoms with Gasteiger partial charge in [0.05, 0.1) is 0 Å². The largest absolute Gasteiger partial charge is 0.388 e. The maximum Gasteiger partial charge on any atom is 0.158 e. The van der Waals surface area contributed by atoms with Crippen LogP contribution in [-0.2, 0) is 19.6 Å². The Labute approximate surface area is 76.6 Å². The summed E-state index contributed by atoms with van der Waals surface area (Å²) in [5.41, 5.74) is 5.60. The van der Waals surface area contributed by atoms with E-state index in [9.17, 15) is 0 Å². The quantitative estimate of drug-likeness (QED) is 0.633. The van der Waals surface area contributed by atoms with Gasteiger partial charge in [-0.25, -0.2) is 0 Å². The van der Waals surface area contributed by atoms with Gasteiger partial charge in [-0.2, -0.15) is 0 Å². The highest BCUT2D eigenvalue weighted by Crippen LogP contribution is 2.18. The van der Waals surface area contributed by atoms with E-state index in [0.29, 0.717) is 18.3 Å². The molecule has 13 heavy (non-hydrogen) atoms. The SMILES string of the molecule is NCC1CCc2nnc(CO)n2C1. The zero-order chi connectivity index (χ0) is 9.26. The smallest absolute Gasteiger partial charge is 0.158 e. The number of aryl methyl sites for hydroxylation is 1. The van der Waals surface area contributed by atoms with E-state index in [1.807, 2.05) is 4.57 Å². The maximum atomic E-state index is 8.99. The molecule has 0 radical (unpaired) electrons. The van der Waals surface area contributed by atoms with Crippen LogP contribution in [0.5, 0.6) is 0 Å². The predicted octanol–water partition coefficient (Wildman–Crippen LogP) is -0.709. The molecule has 1 aromatic heterocycles. The standard InChI is InChI=1S/C8H14N4O/c9-3-6-1-2-7-10-11-8(5-13)12(7)4-6/h6,13H,1-5,9H2. The van der Waals surface area contributed by atoms with Gasteiger partial charge in [0, 0.05) is 13.0 Å². The van der Waals surface area contributed by atoms with Crippen LogP contribution in [0, 0.1) is 5.92 Å². The minimum atomic E-state index is -0.0374. The lowest BCUT2D eigenvalue weighted by Gasteiger charge is -2.22. The first-order valence-corrected chi connectivity index (χ1v) is 4.57. The summed E-state index contributed by atoms with van der Waals surface area (Å²) in [5, 5.41) is 16.9. The van der Waals surface area contributed by atoms with Gasteiger partial charge < -0.3 is 15.4 Å². The summed E-state index contributed by atoms with van der Waals surface area (Å²) in [6, 6.07) is 0. The molecule has 0 saturated carbocycles. The Morgan fingerprint density at radius 3 is 3.08 bits per heavy atom. The molecule has 0 fully saturated rings. The number of rotatable bonds is 2. The number of aliphatic hydroxyl groups is 1. The molecule has 0 spiro atoms. The number of aromatic nitrogens is 3. The predicted molar refractivity (Wildman–Crippen MR) is 46.8 cm³/mol. The van der Waals surface area contributed by atoms with Crippen LogP contribution in [0.15, 0.2) is 0 Å². The average Bonchev–Trinajstić information content (AvgIpc) is 2.59. The molecule has 72 valence electrons. The molecular formula is C8H14N4O. The summed E-state index contributed by atoms with van der Waals surface area (Å²) in [4.78, 5) is 0. The van der Waals surface area contributed by atoms with Crippen LogP contribution in [0.1, 0.15) is 18.1 Å². The van der Waals surface area contributed by atoms with Crippen molar-refractivity contribution in [3.05, 3.63) is 11.6 Å². The van der Waals surface area contributed by atoms with E-state index in [0.717, 1.165) is 25.2 Å². The number of nitrogens with two attached hydrogens (primary N) is 1. The molecule has 5 nitrogen and oxygen atoms in total. The molecule has 0 saturated heterocycles. The lowest BCUT2D eigenvalue weighted by molar-refractivity contribution is 0.256. The zero-order valence-electron chi connectivity index (χ0n) is 7.48. The number of hydrogen-bond acceptors (Lipinski definition) is 4. The molecule has 1 unspecified atom stereocenters. The Hall–Kier alpha value is -0.940. The Morgan fingerprint density at radius 2 is 2.38 bits per heavy atom. The van der Waals surface area contributed by atoms with E-state index in [1.54, 1.807) is 0 Å². The molecular weight excluding hydrogens is 168 g/mol. The normalized spacial score (nSPS) is 21.5. The molecule has 0 aromatic carbocycles. The van der Waals surface area contributed by atoms with E-state index in [-0.39, 0.29) is 6.61 Å². The van der Waals surface area contributed by atoms with Crippen LogP contribution in [0.3, 0.4) is 0 Å². The summed E-state index contributed by atoms with van der Waals surface area (Å²) in [7, 11) is 0. The summed E-state index contributed by atoms with van der Waals surface area (Å²) in [6.45, 7) is 1.52. The number of nitrogens with zero attached hydrogens (tertiary/aromatic N) is 3. The van der Waals surface area contributed by atoms with E-state index >= 15 is 0 Å². The first kappa shape index (κ1) is 8.65. The highest BCUT2D eigenvalue weighted by atomic mass is 16.3. The van der Waals surface area contributed by atoms with E-state index < -0.39 is 0 Å².